The zero-order valence-corrected chi connectivity index (χ0v) is 18.3. The van der Waals surface area contributed by atoms with Crippen molar-refractivity contribution in [3.05, 3.63) is 42.0 Å². The van der Waals surface area contributed by atoms with Crippen molar-refractivity contribution in [3.8, 4) is 5.75 Å². The van der Waals surface area contributed by atoms with Crippen LogP contribution in [0, 0.1) is 0 Å². The Morgan fingerprint density at radius 2 is 1.82 bits per heavy atom. The van der Waals surface area contributed by atoms with Gasteiger partial charge in [-0.05, 0) is 49.2 Å². The molecule has 0 bridgehead atoms. The van der Waals surface area contributed by atoms with Gasteiger partial charge >= 0.3 is 6.18 Å². The molecule has 0 N–H and O–H groups in total. The highest BCUT2D eigenvalue weighted by Crippen LogP contribution is 2.37. The monoisotopic (exact) mass is 416 g/mol. The average molecular weight is 417 g/mol. The van der Waals surface area contributed by atoms with E-state index in [4.69, 9.17) is 13.9 Å². The maximum Gasteiger partial charge on any atom is 0.416 e. The van der Waals surface area contributed by atoms with E-state index in [0.717, 1.165) is 31.6 Å². The molecule has 1 aliphatic rings. The predicted molar refractivity (Wildman–Crippen MR) is 107 cm³/mol. The molecule has 1 aliphatic heterocycles. The van der Waals surface area contributed by atoms with Crippen molar-refractivity contribution < 1.29 is 27.1 Å². The predicted octanol–water partition coefficient (Wildman–Crippen LogP) is 6.21. The van der Waals surface area contributed by atoms with Crippen molar-refractivity contribution >= 4 is 8.32 Å². The van der Waals surface area contributed by atoms with Gasteiger partial charge in [0.15, 0.2) is 8.32 Å². The maximum atomic E-state index is 12.7. The van der Waals surface area contributed by atoms with E-state index in [9.17, 15) is 13.2 Å². The van der Waals surface area contributed by atoms with E-state index in [0.29, 0.717) is 0 Å². The number of alkyl halides is 3. The van der Waals surface area contributed by atoms with Gasteiger partial charge in [-0.3, -0.25) is 0 Å². The topological polar surface area (TPSA) is 31.0 Å². The average Bonchev–Trinajstić information content (AvgIpc) is 3.31. The van der Waals surface area contributed by atoms with Crippen molar-refractivity contribution in [1.82, 2.24) is 0 Å². The van der Waals surface area contributed by atoms with Gasteiger partial charge in [-0.25, -0.2) is 0 Å². The van der Waals surface area contributed by atoms with Gasteiger partial charge in [0, 0.05) is 6.61 Å². The molecule has 0 aliphatic carbocycles. The largest absolute Gasteiger partial charge is 0.490 e. The molecule has 0 unspecified atom stereocenters. The lowest BCUT2D eigenvalue weighted by Crippen LogP contribution is -2.41. The molecule has 0 amide bonds. The highest BCUT2D eigenvalue weighted by atomic mass is 28.4. The van der Waals surface area contributed by atoms with E-state index in [-0.39, 0.29) is 29.6 Å². The molecule has 0 radical (unpaired) electrons. The quantitative estimate of drug-likeness (QED) is 0.272. The van der Waals surface area contributed by atoms with Crippen molar-refractivity contribution in [2.75, 3.05) is 13.2 Å². The SMILES string of the molecule is CC(C)(C)[Si](C)(C)OCC[C@H]1O[C@H]1CC=CCOc1cccc(C(F)(F)F)c1. The zero-order chi connectivity index (χ0) is 21.0. The molecule has 1 aromatic rings. The molecule has 1 aromatic carbocycles. The van der Waals surface area contributed by atoms with Crippen LogP contribution >= 0.6 is 0 Å². The molecule has 1 saturated heterocycles. The molecule has 158 valence electrons. The van der Waals surface area contributed by atoms with E-state index in [1.54, 1.807) is 0 Å². The third-order valence-corrected chi connectivity index (χ3v) is 9.94. The van der Waals surface area contributed by atoms with Crippen LogP contribution in [0.15, 0.2) is 36.4 Å². The second-order valence-electron chi connectivity index (χ2n) is 8.65. The summed E-state index contributed by atoms with van der Waals surface area (Å²) in [5.74, 6) is 0.211. The van der Waals surface area contributed by atoms with Crippen molar-refractivity contribution in [3.63, 3.8) is 0 Å². The van der Waals surface area contributed by atoms with Crippen molar-refractivity contribution in [2.45, 2.75) is 70.1 Å². The highest BCUT2D eigenvalue weighted by Gasteiger charge is 2.40. The molecule has 3 nitrogen and oxygen atoms in total. The van der Waals surface area contributed by atoms with Crippen LogP contribution < -0.4 is 4.74 Å². The summed E-state index contributed by atoms with van der Waals surface area (Å²) in [6.45, 7) is 12.1. The minimum Gasteiger partial charge on any atom is -0.490 e. The summed E-state index contributed by atoms with van der Waals surface area (Å²) < 4.78 is 55.2. The Kier molecular flexibility index (Phi) is 7.39. The molecule has 0 spiro atoms. The van der Waals surface area contributed by atoms with Crippen LogP contribution in [-0.2, 0) is 15.3 Å². The van der Waals surface area contributed by atoms with E-state index in [1.165, 1.54) is 12.1 Å². The molecule has 28 heavy (non-hydrogen) atoms. The minimum atomic E-state index is -4.36. The second kappa shape index (κ2) is 9.01. The summed E-state index contributed by atoms with van der Waals surface area (Å²) in [6.07, 6.45) is 1.51. The molecule has 7 heteroatoms. The van der Waals surface area contributed by atoms with Crippen LogP contribution in [-0.4, -0.2) is 33.7 Å². The number of ether oxygens (including phenoxy) is 2. The number of benzene rings is 1. The molecular formula is C21H31F3O3Si. The van der Waals surface area contributed by atoms with Gasteiger partial charge in [0.25, 0.3) is 0 Å². The second-order valence-corrected chi connectivity index (χ2v) is 13.5. The first-order valence-electron chi connectivity index (χ1n) is 9.64. The summed E-state index contributed by atoms with van der Waals surface area (Å²) in [6, 6.07) is 4.90. The Bertz CT molecular complexity index is 666. The number of rotatable bonds is 9. The lowest BCUT2D eigenvalue weighted by molar-refractivity contribution is -0.137. The van der Waals surface area contributed by atoms with Crippen LogP contribution in [0.25, 0.3) is 0 Å². The van der Waals surface area contributed by atoms with E-state index in [2.05, 4.69) is 33.9 Å². The van der Waals surface area contributed by atoms with E-state index in [1.807, 2.05) is 12.2 Å². The van der Waals surface area contributed by atoms with Gasteiger partial charge < -0.3 is 13.9 Å². The van der Waals surface area contributed by atoms with E-state index >= 15 is 0 Å². The van der Waals surface area contributed by atoms with Crippen LogP contribution in [0.4, 0.5) is 13.2 Å². The molecule has 2 rings (SSSR count). The summed E-state index contributed by atoms with van der Waals surface area (Å²) >= 11 is 0. The normalized spacial score (nSPS) is 20.6. The lowest BCUT2D eigenvalue weighted by atomic mass is 10.2. The van der Waals surface area contributed by atoms with E-state index < -0.39 is 20.1 Å². The number of hydrogen-bond acceptors (Lipinski definition) is 3. The molecular weight excluding hydrogens is 385 g/mol. The standard InChI is InChI=1S/C21H31F3O3Si/c1-20(2,3)28(4,5)26-14-12-19-18(27-19)11-6-7-13-25-17-10-8-9-16(15-17)21(22,23)24/h6-10,15,18-19H,11-14H2,1-5H3/t18-,19+/m0/s1. The van der Waals surface area contributed by atoms with Gasteiger partial charge in [-0.2, -0.15) is 13.2 Å². The highest BCUT2D eigenvalue weighted by molar-refractivity contribution is 6.74. The Hall–Kier alpha value is -1.31. The first-order valence-corrected chi connectivity index (χ1v) is 12.6. The lowest BCUT2D eigenvalue weighted by Gasteiger charge is -2.36. The fourth-order valence-electron chi connectivity index (χ4n) is 2.49. The summed E-state index contributed by atoms with van der Waals surface area (Å²) in [7, 11) is -1.71. The first kappa shape index (κ1) is 23.0. The third-order valence-electron chi connectivity index (χ3n) is 5.40. The van der Waals surface area contributed by atoms with Gasteiger partial charge in [0.1, 0.15) is 12.4 Å². The molecule has 1 heterocycles. The van der Waals surface area contributed by atoms with Crippen molar-refractivity contribution in [1.29, 1.82) is 0 Å². The van der Waals surface area contributed by atoms with Crippen LogP contribution in [0.5, 0.6) is 5.75 Å². The van der Waals surface area contributed by atoms with Gasteiger partial charge in [-0.15, -0.1) is 0 Å². The minimum absolute atomic E-state index is 0.202. The van der Waals surface area contributed by atoms with Gasteiger partial charge in [0.2, 0.25) is 0 Å². The molecule has 1 fully saturated rings. The fourth-order valence-corrected chi connectivity index (χ4v) is 3.55. The summed E-state index contributed by atoms with van der Waals surface area (Å²) in [5.41, 5.74) is -0.705. The van der Waals surface area contributed by atoms with Crippen LogP contribution in [0.1, 0.15) is 39.2 Å². The summed E-state index contributed by atoms with van der Waals surface area (Å²) in [4.78, 5) is 0. The number of hydrogen-bond donors (Lipinski definition) is 0. The fraction of sp³-hybridized carbons (Fsp3) is 0.619. The Morgan fingerprint density at radius 1 is 1.11 bits per heavy atom. The van der Waals surface area contributed by atoms with Crippen LogP contribution in [0.2, 0.25) is 18.1 Å². The Morgan fingerprint density at radius 3 is 2.46 bits per heavy atom. The van der Waals surface area contributed by atoms with Gasteiger partial charge in [-0.1, -0.05) is 39.0 Å². The molecule has 0 aromatic heterocycles. The first-order chi connectivity index (χ1) is 12.9. The van der Waals surface area contributed by atoms with Crippen LogP contribution in [0.3, 0.4) is 0 Å². The maximum absolute atomic E-state index is 12.7. The smallest absolute Gasteiger partial charge is 0.416 e. The van der Waals surface area contributed by atoms with Gasteiger partial charge in [0.05, 0.1) is 17.8 Å². The number of epoxide rings is 1. The molecule has 0 saturated carbocycles. The van der Waals surface area contributed by atoms with Crippen molar-refractivity contribution in [2.24, 2.45) is 0 Å². The number of halogens is 3. The molecule has 2 atom stereocenters. The zero-order valence-electron chi connectivity index (χ0n) is 17.3. The Labute approximate surface area is 167 Å². The Balaban J connectivity index is 1.63. The third kappa shape index (κ3) is 6.94. The summed E-state index contributed by atoms with van der Waals surface area (Å²) in [5, 5.41) is 0.208.